The summed E-state index contributed by atoms with van der Waals surface area (Å²) >= 11 is 0. The van der Waals surface area contributed by atoms with Crippen molar-refractivity contribution in [2.24, 2.45) is 0 Å². The van der Waals surface area contributed by atoms with E-state index in [9.17, 15) is 9.18 Å². The number of rotatable bonds is 6. The standard InChI is InChI=1S/C25H28BFN4O5/c1-24(2)25(3,4)36-26(35-24)21-20(31-11-6-12-31)18(15-7-9-17(27)10-8-15)19(23(30-21)33-5)29-22(32)16-13-28-34-14-16/h7-10,13-14H,6,11-12H2,1-5H3,(H,29,32). The molecule has 0 bridgehead atoms. The fourth-order valence-electron chi connectivity index (χ4n) is 4.21. The number of ether oxygens (including phenoxy) is 1. The van der Waals surface area contributed by atoms with E-state index in [1.165, 1.54) is 31.7 Å². The number of amides is 1. The van der Waals surface area contributed by atoms with E-state index in [4.69, 9.17) is 23.6 Å². The van der Waals surface area contributed by atoms with Crippen molar-refractivity contribution < 1.29 is 27.8 Å². The molecule has 2 aliphatic heterocycles. The molecule has 36 heavy (non-hydrogen) atoms. The second-order valence-electron chi connectivity index (χ2n) is 9.91. The molecule has 5 rings (SSSR count). The summed E-state index contributed by atoms with van der Waals surface area (Å²) in [6.07, 6.45) is 3.57. The zero-order valence-electron chi connectivity index (χ0n) is 20.9. The van der Waals surface area contributed by atoms with Crippen molar-refractivity contribution in [3.63, 3.8) is 0 Å². The lowest BCUT2D eigenvalue weighted by Gasteiger charge is -2.37. The Morgan fingerprint density at radius 2 is 1.81 bits per heavy atom. The Bertz CT molecular complexity index is 1260. The third kappa shape index (κ3) is 4.12. The summed E-state index contributed by atoms with van der Waals surface area (Å²) in [6, 6.07) is 6.08. The highest BCUT2D eigenvalue weighted by molar-refractivity contribution is 6.63. The highest BCUT2D eigenvalue weighted by Crippen LogP contribution is 2.44. The highest BCUT2D eigenvalue weighted by atomic mass is 19.1. The molecule has 0 saturated carbocycles. The van der Waals surface area contributed by atoms with E-state index < -0.39 is 24.2 Å². The highest BCUT2D eigenvalue weighted by Gasteiger charge is 2.54. The van der Waals surface area contributed by atoms with Gasteiger partial charge in [0.15, 0.2) is 0 Å². The lowest BCUT2D eigenvalue weighted by molar-refractivity contribution is 0.00578. The van der Waals surface area contributed by atoms with Gasteiger partial charge in [0.2, 0.25) is 5.88 Å². The number of nitrogens with one attached hydrogen (secondary N) is 1. The maximum Gasteiger partial charge on any atom is 0.516 e. The molecule has 3 aromatic rings. The van der Waals surface area contributed by atoms with Crippen LogP contribution in [0.1, 0.15) is 44.5 Å². The van der Waals surface area contributed by atoms with E-state index in [1.807, 2.05) is 27.7 Å². The minimum Gasteiger partial charge on any atom is -0.480 e. The first-order valence-electron chi connectivity index (χ1n) is 11.8. The zero-order valence-corrected chi connectivity index (χ0v) is 20.9. The monoisotopic (exact) mass is 494 g/mol. The Labute approximate surface area is 209 Å². The minimum absolute atomic E-state index is 0.174. The number of hydrogen-bond donors (Lipinski definition) is 1. The topological polar surface area (TPSA) is 99.0 Å². The second-order valence-corrected chi connectivity index (χ2v) is 9.91. The van der Waals surface area contributed by atoms with Gasteiger partial charge in [-0.25, -0.2) is 9.37 Å². The van der Waals surface area contributed by atoms with Crippen LogP contribution in [0.15, 0.2) is 41.2 Å². The molecule has 1 amide bonds. The number of anilines is 2. The number of halogens is 1. The van der Waals surface area contributed by atoms with Crippen molar-refractivity contribution in [2.75, 3.05) is 30.4 Å². The molecule has 0 aliphatic carbocycles. The molecular formula is C25H28BFN4O5. The second kappa shape index (κ2) is 8.90. The molecule has 9 nitrogen and oxygen atoms in total. The van der Waals surface area contributed by atoms with Gasteiger partial charge in [-0.15, -0.1) is 0 Å². The summed E-state index contributed by atoms with van der Waals surface area (Å²) in [5.41, 5.74) is 2.00. The Balaban J connectivity index is 1.74. The molecule has 188 valence electrons. The third-order valence-corrected chi connectivity index (χ3v) is 7.07. The molecule has 0 unspecified atom stereocenters. The van der Waals surface area contributed by atoms with Gasteiger partial charge in [-0.3, -0.25) is 4.79 Å². The Hall–Kier alpha value is -3.44. The summed E-state index contributed by atoms with van der Waals surface area (Å²) in [5, 5.41) is 6.52. The number of nitrogens with zero attached hydrogens (tertiary/aromatic N) is 3. The van der Waals surface area contributed by atoms with Gasteiger partial charge in [0.25, 0.3) is 5.91 Å². The van der Waals surface area contributed by atoms with Crippen LogP contribution >= 0.6 is 0 Å². The average Bonchev–Trinajstić information content (AvgIpc) is 3.40. The van der Waals surface area contributed by atoms with Gasteiger partial charge < -0.3 is 28.8 Å². The van der Waals surface area contributed by atoms with Gasteiger partial charge >= 0.3 is 7.12 Å². The molecular weight excluding hydrogens is 466 g/mol. The van der Waals surface area contributed by atoms with Gasteiger partial charge in [0, 0.05) is 18.7 Å². The van der Waals surface area contributed by atoms with Gasteiger partial charge in [0.05, 0.1) is 41.4 Å². The lowest BCUT2D eigenvalue weighted by Crippen LogP contribution is -2.46. The molecule has 0 atom stereocenters. The maximum absolute atomic E-state index is 13.9. The van der Waals surface area contributed by atoms with Gasteiger partial charge in [-0.1, -0.05) is 17.3 Å². The summed E-state index contributed by atoms with van der Waals surface area (Å²) in [7, 11) is 0.699. The van der Waals surface area contributed by atoms with Gasteiger partial charge in [-0.2, -0.15) is 0 Å². The van der Waals surface area contributed by atoms with E-state index in [1.54, 1.807) is 12.1 Å². The fraction of sp³-hybridized carbons (Fsp3) is 0.400. The number of carbonyl (C=O) groups is 1. The van der Waals surface area contributed by atoms with E-state index in [0.29, 0.717) is 22.4 Å². The predicted molar refractivity (Wildman–Crippen MR) is 133 cm³/mol. The van der Waals surface area contributed by atoms with Crippen molar-refractivity contribution >= 4 is 30.0 Å². The molecule has 2 aliphatic rings. The van der Waals surface area contributed by atoms with E-state index >= 15 is 0 Å². The van der Waals surface area contributed by atoms with Crippen molar-refractivity contribution in [3.05, 3.63) is 48.1 Å². The minimum atomic E-state index is -0.776. The molecule has 4 heterocycles. The van der Waals surface area contributed by atoms with Crippen LogP contribution in [0.3, 0.4) is 0 Å². The van der Waals surface area contributed by atoms with Crippen molar-refractivity contribution in [2.45, 2.75) is 45.3 Å². The van der Waals surface area contributed by atoms with Crippen LogP contribution < -0.4 is 20.5 Å². The SMILES string of the molecule is COc1nc(B2OC(C)(C)C(C)(C)O2)c(N2CCC2)c(-c2ccc(F)cc2)c1NC(=O)c1cnoc1. The first-order chi connectivity index (χ1) is 17.1. The Morgan fingerprint density at radius 1 is 1.14 bits per heavy atom. The van der Waals surface area contributed by atoms with Crippen LogP contribution in [0.2, 0.25) is 0 Å². The number of aromatic nitrogens is 2. The normalized spacial score (nSPS) is 18.2. The van der Waals surface area contributed by atoms with Crippen LogP contribution in [-0.4, -0.2) is 54.6 Å². The number of pyridine rings is 1. The number of carbonyl (C=O) groups excluding carboxylic acids is 1. The quantitative estimate of drug-likeness (QED) is 0.519. The van der Waals surface area contributed by atoms with Crippen LogP contribution in [0.25, 0.3) is 11.1 Å². The lowest BCUT2D eigenvalue weighted by atomic mass is 9.79. The first kappa shape index (κ1) is 24.3. The molecule has 0 spiro atoms. The van der Waals surface area contributed by atoms with Crippen molar-refractivity contribution in [1.82, 2.24) is 10.1 Å². The van der Waals surface area contributed by atoms with Crippen molar-refractivity contribution in [1.29, 1.82) is 0 Å². The smallest absolute Gasteiger partial charge is 0.480 e. The van der Waals surface area contributed by atoms with Gasteiger partial charge in [-0.05, 0) is 51.8 Å². The molecule has 11 heteroatoms. The summed E-state index contributed by atoms with van der Waals surface area (Å²) in [6.45, 7) is 9.47. The zero-order chi connectivity index (χ0) is 25.7. The fourth-order valence-corrected chi connectivity index (χ4v) is 4.21. The molecule has 1 N–H and O–H groups in total. The molecule has 2 saturated heterocycles. The van der Waals surface area contributed by atoms with Crippen molar-refractivity contribution in [3.8, 4) is 17.0 Å². The Morgan fingerprint density at radius 3 is 2.33 bits per heavy atom. The molecule has 2 fully saturated rings. The molecule has 1 aromatic carbocycles. The van der Waals surface area contributed by atoms with E-state index in [-0.39, 0.29) is 17.3 Å². The third-order valence-electron chi connectivity index (χ3n) is 7.07. The van der Waals surface area contributed by atoms with Gasteiger partial charge in [0.1, 0.15) is 17.8 Å². The average molecular weight is 494 g/mol. The summed E-state index contributed by atoms with van der Waals surface area (Å²) in [5.74, 6) is -0.641. The van der Waals surface area contributed by atoms with E-state index in [0.717, 1.165) is 25.2 Å². The van der Waals surface area contributed by atoms with Crippen LogP contribution in [0.4, 0.5) is 15.8 Å². The van der Waals surface area contributed by atoms with E-state index in [2.05, 4.69) is 15.4 Å². The van der Waals surface area contributed by atoms with Crippen LogP contribution in [0.5, 0.6) is 5.88 Å². The number of hydrogen-bond acceptors (Lipinski definition) is 8. The number of methoxy groups -OCH3 is 1. The Kier molecular flexibility index (Phi) is 6.00. The molecule has 0 radical (unpaired) electrons. The van der Waals surface area contributed by atoms with Crippen LogP contribution in [-0.2, 0) is 9.31 Å². The summed E-state index contributed by atoms with van der Waals surface area (Å²) < 4.78 is 37.1. The van der Waals surface area contributed by atoms with Crippen LogP contribution in [0, 0.1) is 5.82 Å². The maximum atomic E-state index is 13.9. The predicted octanol–water partition coefficient (Wildman–Crippen LogP) is 3.65. The largest absolute Gasteiger partial charge is 0.516 e. The summed E-state index contributed by atoms with van der Waals surface area (Å²) in [4.78, 5) is 20.0. The number of benzene rings is 1. The first-order valence-corrected chi connectivity index (χ1v) is 11.8. The molecule has 2 aromatic heterocycles.